The minimum atomic E-state index is -2.98. The number of anilines is 1. The molecular formula is C17H17F2N3O3. The predicted octanol–water partition coefficient (Wildman–Crippen LogP) is 3.34. The molecule has 0 radical (unpaired) electrons. The number of aromatic nitrogens is 2. The van der Waals surface area contributed by atoms with E-state index in [1.165, 1.54) is 6.07 Å². The van der Waals surface area contributed by atoms with E-state index in [0.29, 0.717) is 22.7 Å². The van der Waals surface area contributed by atoms with Gasteiger partial charge in [-0.3, -0.25) is 0 Å². The van der Waals surface area contributed by atoms with E-state index in [4.69, 9.17) is 4.74 Å². The molecule has 1 aromatic heterocycles. The Hall–Kier alpha value is -2.90. The number of rotatable bonds is 5. The van der Waals surface area contributed by atoms with Crippen LogP contribution in [0.2, 0.25) is 0 Å². The van der Waals surface area contributed by atoms with Gasteiger partial charge in [-0.15, -0.1) is 0 Å². The highest BCUT2D eigenvalue weighted by Crippen LogP contribution is 2.40. The number of esters is 1. The third-order valence-electron chi connectivity index (χ3n) is 3.83. The Bertz CT molecular complexity index is 817. The van der Waals surface area contributed by atoms with E-state index in [1.807, 2.05) is 0 Å². The van der Waals surface area contributed by atoms with Crippen molar-refractivity contribution in [3.8, 4) is 5.75 Å². The highest BCUT2D eigenvalue weighted by atomic mass is 19.3. The van der Waals surface area contributed by atoms with Gasteiger partial charge in [-0.25, -0.2) is 9.48 Å². The smallest absolute Gasteiger partial charge is 0.387 e. The van der Waals surface area contributed by atoms with Gasteiger partial charge in [-0.1, -0.05) is 18.2 Å². The summed E-state index contributed by atoms with van der Waals surface area (Å²) in [6, 6.07) is 7.34. The second-order valence-corrected chi connectivity index (χ2v) is 5.36. The maximum absolute atomic E-state index is 12.8. The Labute approximate surface area is 143 Å². The second-order valence-electron chi connectivity index (χ2n) is 5.36. The molecule has 1 atom stereocenters. The first-order valence-corrected chi connectivity index (χ1v) is 7.75. The number of hydrogen-bond donors (Lipinski definition) is 1. The van der Waals surface area contributed by atoms with Gasteiger partial charge in [-0.05, 0) is 19.9 Å². The van der Waals surface area contributed by atoms with Crippen molar-refractivity contribution in [3.05, 3.63) is 53.4 Å². The van der Waals surface area contributed by atoms with E-state index >= 15 is 0 Å². The van der Waals surface area contributed by atoms with Crippen LogP contribution in [0, 0.1) is 0 Å². The first kappa shape index (κ1) is 16.9. The number of hydrogen-bond acceptors (Lipinski definition) is 5. The number of ether oxygens (including phenoxy) is 2. The van der Waals surface area contributed by atoms with Crippen LogP contribution in [0.25, 0.3) is 0 Å². The normalized spacial score (nSPS) is 16.4. The van der Waals surface area contributed by atoms with Gasteiger partial charge >= 0.3 is 12.6 Å². The third kappa shape index (κ3) is 3.19. The topological polar surface area (TPSA) is 65.4 Å². The number of halogens is 2. The molecule has 132 valence electrons. The number of para-hydroxylation sites is 1. The average molecular weight is 349 g/mol. The summed E-state index contributed by atoms with van der Waals surface area (Å²) < 4.78 is 36.9. The van der Waals surface area contributed by atoms with Gasteiger partial charge in [0.1, 0.15) is 17.6 Å². The molecule has 0 saturated carbocycles. The van der Waals surface area contributed by atoms with Crippen LogP contribution < -0.4 is 10.1 Å². The van der Waals surface area contributed by atoms with Crippen LogP contribution in [-0.4, -0.2) is 29.0 Å². The number of benzene rings is 1. The maximum atomic E-state index is 12.8. The summed E-state index contributed by atoms with van der Waals surface area (Å²) in [6.07, 6.45) is 1.56. The lowest BCUT2D eigenvalue weighted by atomic mass is 9.95. The van der Waals surface area contributed by atoms with E-state index < -0.39 is 18.6 Å². The molecule has 1 unspecified atom stereocenters. The zero-order valence-corrected chi connectivity index (χ0v) is 13.7. The van der Waals surface area contributed by atoms with Crippen molar-refractivity contribution in [2.45, 2.75) is 26.5 Å². The largest absolute Gasteiger partial charge is 0.463 e. The van der Waals surface area contributed by atoms with Crippen LogP contribution in [-0.2, 0) is 9.53 Å². The predicted molar refractivity (Wildman–Crippen MR) is 86.4 cm³/mol. The molecule has 25 heavy (non-hydrogen) atoms. The van der Waals surface area contributed by atoms with E-state index in [0.717, 1.165) is 0 Å². The summed E-state index contributed by atoms with van der Waals surface area (Å²) in [4.78, 5) is 12.5. The van der Waals surface area contributed by atoms with Gasteiger partial charge in [0.2, 0.25) is 0 Å². The summed E-state index contributed by atoms with van der Waals surface area (Å²) in [5.74, 6) is 0.0911. The Morgan fingerprint density at radius 3 is 2.84 bits per heavy atom. The molecule has 6 nitrogen and oxygen atoms in total. The fourth-order valence-electron chi connectivity index (χ4n) is 2.88. The van der Waals surface area contributed by atoms with Crippen molar-refractivity contribution < 1.29 is 23.0 Å². The second kappa shape index (κ2) is 6.92. The van der Waals surface area contributed by atoms with Crippen LogP contribution in [0.1, 0.15) is 25.5 Å². The number of nitrogens with one attached hydrogen (secondary N) is 1. The number of alkyl halides is 2. The lowest BCUT2D eigenvalue weighted by Gasteiger charge is -2.30. The Morgan fingerprint density at radius 1 is 1.36 bits per heavy atom. The zero-order valence-electron chi connectivity index (χ0n) is 13.7. The molecule has 2 heterocycles. The van der Waals surface area contributed by atoms with Crippen molar-refractivity contribution in [2.75, 3.05) is 11.9 Å². The van der Waals surface area contributed by atoms with Crippen LogP contribution in [0.15, 0.2) is 47.8 Å². The van der Waals surface area contributed by atoms with E-state index in [9.17, 15) is 13.6 Å². The molecule has 3 rings (SSSR count). The molecule has 1 N–H and O–H groups in total. The molecule has 8 heteroatoms. The van der Waals surface area contributed by atoms with Crippen LogP contribution in [0.4, 0.5) is 14.6 Å². The molecule has 0 fully saturated rings. The van der Waals surface area contributed by atoms with Gasteiger partial charge in [0.15, 0.2) is 0 Å². The zero-order chi connectivity index (χ0) is 18.0. The lowest BCUT2D eigenvalue weighted by Crippen LogP contribution is -2.29. The maximum Gasteiger partial charge on any atom is 0.387 e. The number of nitrogens with zero attached hydrogens (tertiary/aromatic N) is 2. The fourth-order valence-corrected chi connectivity index (χ4v) is 2.88. The summed E-state index contributed by atoms with van der Waals surface area (Å²) in [5.41, 5.74) is 1.27. The number of fused-ring (bicyclic) bond motifs is 1. The molecule has 1 aliphatic rings. The van der Waals surface area contributed by atoms with Crippen molar-refractivity contribution in [2.24, 2.45) is 0 Å². The minimum Gasteiger partial charge on any atom is -0.463 e. The third-order valence-corrected chi connectivity index (χ3v) is 3.83. The Kier molecular flexibility index (Phi) is 4.69. The molecule has 1 aromatic carbocycles. The summed E-state index contributed by atoms with van der Waals surface area (Å²) in [7, 11) is 0. The highest BCUT2D eigenvalue weighted by molar-refractivity contribution is 5.92. The SMILES string of the molecule is CCOC(=O)C1=C(C)Nc2ccnn2C1c1ccccc1OC(F)F. The molecule has 0 bridgehead atoms. The standard InChI is InChI=1S/C17H17F2N3O3/c1-3-24-16(23)14-10(2)21-13-8-9-20-22(13)15(14)11-6-4-5-7-12(11)25-17(18)19/h4-9,15,17,21H,3H2,1-2H3. The monoisotopic (exact) mass is 349 g/mol. The molecule has 0 aliphatic carbocycles. The van der Waals surface area contributed by atoms with E-state index in [-0.39, 0.29) is 12.4 Å². The highest BCUT2D eigenvalue weighted by Gasteiger charge is 2.35. The molecule has 0 spiro atoms. The van der Waals surface area contributed by atoms with Gasteiger partial charge in [0, 0.05) is 17.3 Å². The number of allylic oxidation sites excluding steroid dienone is 1. The summed E-state index contributed by atoms with van der Waals surface area (Å²) in [5, 5.41) is 7.31. The van der Waals surface area contributed by atoms with Gasteiger partial charge in [0.05, 0.1) is 18.4 Å². The van der Waals surface area contributed by atoms with Crippen molar-refractivity contribution in [1.82, 2.24) is 9.78 Å². The van der Waals surface area contributed by atoms with Crippen molar-refractivity contribution in [1.29, 1.82) is 0 Å². The minimum absolute atomic E-state index is 0.0135. The molecule has 0 amide bonds. The number of carbonyl (C=O) groups is 1. The van der Waals surface area contributed by atoms with Crippen molar-refractivity contribution >= 4 is 11.8 Å². The summed E-state index contributed by atoms with van der Waals surface area (Å²) in [6.45, 7) is 0.651. The average Bonchev–Trinajstić information content (AvgIpc) is 3.01. The van der Waals surface area contributed by atoms with Gasteiger partial charge < -0.3 is 14.8 Å². The van der Waals surface area contributed by atoms with Gasteiger partial charge in [0.25, 0.3) is 0 Å². The first-order chi connectivity index (χ1) is 12.0. The van der Waals surface area contributed by atoms with Crippen LogP contribution >= 0.6 is 0 Å². The van der Waals surface area contributed by atoms with E-state index in [2.05, 4.69) is 15.2 Å². The first-order valence-electron chi connectivity index (χ1n) is 7.75. The fraction of sp³-hybridized carbons (Fsp3) is 0.294. The van der Waals surface area contributed by atoms with Crippen LogP contribution in [0.3, 0.4) is 0 Å². The lowest BCUT2D eigenvalue weighted by molar-refractivity contribution is -0.139. The summed E-state index contributed by atoms with van der Waals surface area (Å²) >= 11 is 0. The molecular weight excluding hydrogens is 332 g/mol. The van der Waals surface area contributed by atoms with Crippen LogP contribution in [0.5, 0.6) is 5.75 Å². The molecule has 2 aromatic rings. The Morgan fingerprint density at radius 2 is 2.12 bits per heavy atom. The Balaban J connectivity index is 2.16. The van der Waals surface area contributed by atoms with E-state index in [1.54, 1.807) is 49.0 Å². The quantitative estimate of drug-likeness (QED) is 0.839. The van der Waals surface area contributed by atoms with Crippen molar-refractivity contribution in [3.63, 3.8) is 0 Å². The van der Waals surface area contributed by atoms with Gasteiger partial charge in [-0.2, -0.15) is 13.9 Å². The number of carbonyl (C=O) groups excluding carboxylic acids is 1. The molecule has 1 aliphatic heterocycles. The molecule has 0 saturated heterocycles.